The van der Waals surface area contributed by atoms with Gasteiger partial charge in [0.2, 0.25) is 0 Å². The molecule has 0 saturated heterocycles. The van der Waals surface area contributed by atoms with Crippen molar-refractivity contribution in [1.82, 2.24) is 15.0 Å². The molecule has 96 valence electrons. The normalized spacial score (nSPS) is 12.7. The number of fused-ring (bicyclic) bond motifs is 1. The standard InChI is InChI=1S/C14H12ClN3O/c15-11-7-5-10(6-8-11)14(19)9-18-16-12-3-1-2-4-13(12)17-18/h1-8,14,19H,9H2/t14-/m0/s1. The quantitative estimate of drug-likeness (QED) is 0.798. The van der Waals surface area contributed by atoms with Gasteiger partial charge in [0.25, 0.3) is 0 Å². The lowest BCUT2D eigenvalue weighted by molar-refractivity contribution is 0.146. The molecule has 3 aromatic rings. The van der Waals surface area contributed by atoms with Crippen molar-refractivity contribution < 1.29 is 5.11 Å². The van der Waals surface area contributed by atoms with E-state index in [1.54, 1.807) is 24.3 Å². The number of nitrogens with zero attached hydrogens (tertiary/aromatic N) is 3. The average molecular weight is 274 g/mol. The lowest BCUT2D eigenvalue weighted by Gasteiger charge is -2.09. The summed E-state index contributed by atoms with van der Waals surface area (Å²) >= 11 is 5.82. The van der Waals surface area contributed by atoms with Gasteiger partial charge in [-0.2, -0.15) is 15.0 Å². The minimum Gasteiger partial charge on any atom is -0.386 e. The summed E-state index contributed by atoms with van der Waals surface area (Å²) in [4.78, 5) is 1.52. The second kappa shape index (κ2) is 4.99. The number of rotatable bonds is 3. The zero-order chi connectivity index (χ0) is 13.2. The highest BCUT2D eigenvalue weighted by atomic mass is 35.5. The van der Waals surface area contributed by atoms with Crippen LogP contribution in [0.3, 0.4) is 0 Å². The number of aliphatic hydroxyl groups is 1. The average Bonchev–Trinajstić information content (AvgIpc) is 2.81. The van der Waals surface area contributed by atoms with Crippen LogP contribution in [0.1, 0.15) is 11.7 Å². The fourth-order valence-corrected chi connectivity index (χ4v) is 2.06. The molecule has 1 atom stereocenters. The Bertz CT molecular complexity index is 660. The fourth-order valence-electron chi connectivity index (χ4n) is 1.93. The molecule has 5 heteroatoms. The molecule has 0 radical (unpaired) electrons. The van der Waals surface area contributed by atoms with Gasteiger partial charge in [0, 0.05) is 5.02 Å². The molecule has 0 spiro atoms. The van der Waals surface area contributed by atoms with Crippen LogP contribution in [0.15, 0.2) is 48.5 Å². The van der Waals surface area contributed by atoms with Crippen LogP contribution in [0.5, 0.6) is 0 Å². The Labute approximate surface area is 115 Å². The van der Waals surface area contributed by atoms with E-state index >= 15 is 0 Å². The first-order chi connectivity index (χ1) is 9.22. The molecule has 1 N–H and O–H groups in total. The van der Waals surface area contributed by atoms with Crippen LogP contribution in [-0.4, -0.2) is 20.1 Å². The highest BCUT2D eigenvalue weighted by Crippen LogP contribution is 2.18. The Morgan fingerprint density at radius 2 is 1.58 bits per heavy atom. The predicted octanol–water partition coefficient (Wildman–Crippen LogP) is 2.82. The van der Waals surface area contributed by atoms with E-state index in [2.05, 4.69) is 10.2 Å². The van der Waals surface area contributed by atoms with E-state index in [4.69, 9.17) is 11.6 Å². The Morgan fingerprint density at radius 3 is 2.16 bits per heavy atom. The summed E-state index contributed by atoms with van der Waals surface area (Å²) in [6.45, 7) is 0.316. The summed E-state index contributed by atoms with van der Waals surface area (Å²) in [5.74, 6) is 0. The number of aliphatic hydroxyl groups excluding tert-OH is 1. The van der Waals surface area contributed by atoms with Crippen molar-refractivity contribution in [3.8, 4) is 0 Å². The van der Waals surface area contributed by atoms with Crippen molar-refractivity contribution in [2.45, 2.75) is 12.6 Å². The summed E-state index contributed by atoms with van der Waals surface area (Å²) in [7, 11) is 0. The summed E-state index contributed by atoms with van der Waals surface area (Å²) in [5.41, 5.74) is 2.45. The van der Waals surface area contributed by atoms with Crippen molar-refractivity contribution in [3.05, 3.63) is 59.1 Å². The van der Waals surface area contributed by atoms with Crippen molar-refractivity contribution in [3.63, 3.8) is 0 Å². The molecular weight excluding hydrogens is 262 g/mol. The van der Waals surface area contributed by atoms with E-state index < -0.39 is 6.10 Å². The molecule has 0 amide bonds. The maximum atomic E-state index is 10.1. The maximum Gasteiger partial charge on any atom is 0.113 e. The zero-order valence-corrected chi connectivity index (χ0v) is 10.8. The molecule has 2 aromatic carbocycles. The number of aromatic nitrogens is 3. The van der Waals surface area contributed by atoms with Crippen molar-refractivity contribution in [1.29, 1.82) is 0 Å². The Morgan fingerprint density at radius 1 is 1.00 bits per heavy atom. The lowest BCUT2D eigenvalue weighted by atomic mass is 10.1. The number of hydrogen-bond donors (Lipinski definition) is 1. The predicted molar refractivity (Wildman–Crippen MR) is 73.9 cm³/mol. The van der Waals surface area contributed by atoms with Crippen molar-refractivity contribution in [2.24, 2.45) is 0 Å². The van der Waals surface area contributed by atoms with Gasteiger partial charge in [-0.25, -0.2) is 0 Å². The molecule has 0 unspecified atom stereocenters. The third kappa shape index (κ3) is 2.59. The molecule has 0 bridgehead atoms. The van der Waals surface area contributed by atoms with Crippen molar-refractivity contribution in [2.75, 3.05) is 0 Å². The Balaban J connectivity index is 1.82. The van der Waals surface area contributed by atoms with Crippen LogP contribution in [0.4, 0.5) is 0 Å². The van der Waals surface area contributed by atoms with Gasteiger partial charge in [-0.15, -0.1) is 0 Å². The molecular formula is C14H12ClN3O. The highest BCUT2D eigenvalue weighted by molar-refractivity contribution is 6.30. The van der Waals surface area contributed by atoms with Crippen LogP contribution in [0.2, 0.25) is 5.02 Å². The summed E-state index contributed by atoms with van der Waals surface area (Å²) in [6, 6.07) is 14.7. The molecule has 1 aromatic heterocycles. The zero-order valence-electron chi connectivity index (χ0n) is 10.1. The number of hydrogen-bond acceptors (Lipinski definition) is 3. The molecule has 0 aliphatic rings. The largest absolute Gasteiger partial charge is 0.386 e. The third-order valence-corrected chi connectivity index (χ3v) is 3.17. The first-order valence-corrected chi connectivity index (χ1v) is 6.33. The second-order valence-electron chi connectivity index (χ2n) is 4.31. The van der Waals surface area contributed by atoms with Crippen LogP contribution in [0, 0.1) is 0 Å². The van der Waals surface area contributed by atoms with Gasteiger partial charge >= 0.3 is 0 Å². The minimum absolute atomic E-state index is 0.316. The topological polar surface area (TPSA) is 50.9 Å². The van der Waals surface area contributed by atoms with Gasteiger partial charge in [-0.1, -0.05) is 35.9 Å². The van der Waals surface area contributed by atoms with Crippen LogP contribution >= 0.6 is 11.6 Å². The van der Waals surface area contributed by atoms with Crippen molar-refractivity contribution >= 4 is 22.6 Å². The van der Waals surface area contributed by atoms with Crippen LogP contribution in [0.25, 0.3) is 11.0 Å². The van der Waals surface area contributed by atoms with E-state index in [0.29, 0.717) is 11.6 Å². The SMILES string of the molecule is O[C@@H](Cn1nc2ccccc2n1)c1ccc(Cl)cc1. The highest BCUT2D eigenvalue weighted by Gasteiger charge is 2.10. The monoisotopic (exact) mass is 273 g/mol. The molecule has 4 nitrogen and oxygen atoms in total. The number of halogens is 1. The Kier molecular flexibility index (Phi) is 3.19. The molecule has 0 fully saturated rings. The van der Waals surface area contributed by atoms with E-state index in [-0.39, 0.29) is 0 Å². The Hall–Kier alpha value is -1.91. The smallest absolute Gasteiger partial charge is 0.113 e. The third-order valence-electron chi connectivity index (χ3n) is 2.92. The molecule has 0 aliphatic heterocycles. The first kappa shape index (κ1) is 12.1. The fraction of sp³-hybridized carbons (Fsp3) is 0.143. The molecule has 3 rings (SSSR count). The van der Waals surface area contributed by atoms with Crippen LogP contribution < -0.4 is 0 Å². The minimum atomic E-state index is -0.654. The van der Waals surface area contributed by atoms with E-state index in [1.807, 2.05) is 24.3 Å². The molecule has 19 heavy (non-hydrogen) atoms. The van der Waals surface area contributed by atoms with Crippen LogP contribution in [-0.2, 0) is 6.54 Å². The van der Waals surface area contributed by atoms with E-state index in [9.17, 15) is 5.11 Å². The summed E-state index contributed by atoms with van der Waals surface area (Å²) in [6.07, 6.45) is -0.654. The lowest BCUT2D eigenvalue weighted by Crippen LogP contribution is -2.11. The number of benzene rings is 2. The first-order valence-electron chi connectivity index (χ1n) is 5.96. The van der Waals surface area contributed by atoms with Gasteiger partial charge in [0.15, 0.2) is 0 Å². The molecule has 1 heterocycles. The van der Waals surface area contributed by atoms with Gasteiger partial charge in [-0.05, 0) is 29.8 Å². The van der Waals surface area contributed by atoms with E-state index in [0.717, 1.165) is 16.6 Å². The van der Waals surface area contributed by atoms with Gasteiger partial charge < -0.3 is 5.11 Å². The summed E-state index contributed by atoms with van der Waals surface area (Å²) < 4.78 is 0. The van der Waals surface area contributed by atoms with Gasteiger partial charge in [-0.3, -0.25) is 0 Å². The molecule has 0 aliphatic carbocycles. The maximum absolute atomic E-state index is 10.1. The van der Waals surface area contributed by atoms with Gasteiger partial charge in [0.1, 0.15) is 17.1 Å². The molecule has 0 saturated carbocycles. The van der Waals surface area contributed by atoms with Gasteiger partial charge in [0.05, 0.1) is 6.54 Å². The van der Waals surface area contributed by atoms with E-state index in [1.165, 1.54) is 4.80 Å². The summed E-state index contributed by atoms with van der Waals surface area (Å²) in [5, 5.41) is 19.4. The second-order valence-corrected chi connectivity index (χ2v) is 4.75.